The van der Waals surface area contributed by atoms with Crippen molar-refractivity contribution in [2.75, 3.05) is 6.54 Å². The molecule has 0 aliphatic carbocycles. The molecule has 150 valence electrons. The lowest BCUT2D eigenvalue weighted by Crippen LogP contribution is -2.36. The minimum absolute atomic E-state index is 0.0507. The molecule has 0 saturated heterocycles. The number of hydrogen-bond acceptors (Lipinski definition) is 4. The summed E-state index contributed by atoms with van der Waals surface area (Å²) in [5.74, 6) is -1.27. The summed E-state index contributed by atoms with van der Waals surface area (Å²) in [6, 6.07) is 10.9. The lowest BCUT2D eigenvalue weighted by Gasteiger charge is -2.10. The molecule has 7 nitrogen and oxygen atoms in total. The van der Waals surface area contributed by atoms with E-state index in [2.05, 4.69) is 15.4 Å². The zero-order valence-electron chi connectivity index (χ0n) is 15.5. The fourth-order valence-corrected chi connectivity index (χ4v) is 3.54. The van der Waals surface area contributed by atoms with Crippen molar-refractivity contribution in [2.45, 2.75) is 31.3 Å². The highest BCUT2D eigenvalue weighted by atomic mass is 32.2. The average Bonchev–Trinajstić information content (AvgIpc) is 2.64. The van der Waals surface area contributed by atoms with Gasteiger partial charge in [0.15, 0.2) is 0 Å². The lowest BCUT2D eigenvalue weighted by atomic mass is 10.2. The molecule has 0 aromatic heterocycles. The van der Waals surface area contributed by atoms with E-state index in [0.717, 1.165) is 5.56 Å². The molecule has 0 fully saturated rings. The molecule has 9 heteroatoms. The molecule has 2 rings (SSSR count). The van der Waals surface area contributed by atoms with Gasteiger partial charge in [-0.3, -0.25) is 9.59 Å². The second-order valence-corrected chi connectivity index (χ2v) is 8.10. The topological polar surface area (TPSA) is 104 Å². The van der Waals surface area contributed by atoms with Crippen molar-refractivity contribution in [3.8, 4) is 0 Å². The molecule has 0 saturated carbocycles. The van der Waals surface area contributed by atoms with Gasteiger partial charge in [-0.05, 0) is 55.8 Å². The van der Waals surface area contributed by atoms with E-state index in [4.69, 9.17) is 0 Å². The first-order valence-corrected chi connectivity index (χ1v) is 10.1. The van der Waals surface area contributed by atoms with Gasteiger partial charge in [0.2, 0.25) is 15.9 Å². The molecule has 0 spiro atoms. The van der Waals surface area contributed by atoms with Gasteiger partial charge in [0, 0.05) is 18.2 Å². The zero-order valence-corrected chi connectivity index (χ0v) is 16.3. The Morgan fingerprint density at radius 3 is 2.14 bits per heavy atom. The summed E-state index contributed by atoms with van der Waals surface area (Å²) in [6.45, 7) is 3.39. The van der Waals surface area contributed by atoms with Gasteiger partial charge in [0.05, 0.1) is 11.4 Å². The van der Waals surface area contributed by atoms with Crippen LogP contribution >= 0.6 is 0 Å². The van der Waals surface area contributed by atoms with Crippen LogP contribution in [0.3, 0.4) is 0 Å². The Hall–Kier alpha value is -2.78. The number of hydrogen-bond donors (Lipinski definition) is 3. The third-order valence-electron chi connectivity index (χ3n) is 3.63. The Morgan fingerprint density at radius 2 is 1.57 bits per heavy atom. The maximum absolute atomic E-state index is 12.8. The third kappa shape index (κ3) is 6.43. The van der Waals surface area contributed by atoms with E-state index in [1.165, 1.54) is 36.4 Å². The first-order chi connectivity index (χ1) is 13.2. The van der Waals surface area contributed by atoms with Crippen LogP contribution in [0.2, 0.25) is 0 Å². The van der Waals surface area contributed by atoms with Crippen molar-refractivity contribution in [1.29, 1.82) is 0 Å². The molecule has 3 N–H and O–H groups in total. The molecule has 2 aromatic carbocycles. The molecular weight excluding hydrogens is 385 g/mol. The van der Waals surface area contributed by atoms with Crippen LogP contribution in [0.5, 0.6) is 0 Å². The Kier molecular flexibility index (Phi) is 7.24. The Morgan fingerprint density at radius 1 is 0.964 bits per heavy atom. The summed E-state index contributed by atoms with van der Waals surface area (Å²) < 4.78 is 39.4. The first kappa shape index (κ1) is 21.5. The van der Waals surface area contributed by atoms with Crippen LogP contribution in [-0.2, 0) is 21.4 Å². The number of amides is 2. The van der Waals surface area contributed by atoms with Crippen LogP contribution in [0, 0.1) is 5.82 Å². The van der Waals surface area contributed by atoms with E-state index in [0.29, 0.717) is 0 Å². The number of nitrogens with one attached hydrogen (secondary N) is 3. The normalized spacial score (nSPS) is 11.3. The quantitative estimate of drug-likeness (QED) is 0.618. The smallest absolute Gasteiger partial charge is 0.251 e. The minimum Gasteiger partial charge on any atom is -0.350 e. The number of benzene rings is 2. The maximum Gasteiger partial charge on any atom is 0.251 e. The van der Waals surface area contributed by atoms with Gasteiger partial charge in [0.25, 0.3) is 5.91 Å². The van der Waals surface area contributed by atoms with Crippen LogP contribution in [0.25, 0.3) is 0 Å². The van der Waals surface area contributed by atoms with Crippen molar-refractivity contribution in [3.05, 3.63) is 65.5 Å². The van der Waals surface area contributed by atoms with Crippen LogP contribution in [0.4, 0.5) is 4.39 Å². The second-order valence-electron chi connectivity index (χ2n) is 6.39. The first-order valence-electron chi connectivity index (χ1n) is 8.59. The third-order valence-corrected chi connectivity index (χ3v) is 5.30. The predicted molar refractivity (Wildman–Crippen MR) is 102 cm³/mol. The summed E-state index contributed by atoms with van der Waals surface area (Å²) >= 11 is 0. The molecule has 0 unspecified atom stereocenters. The Bertz CT molecular complexity index is 927. The zero-order chi connectivity index (χ0) is 20.7. The summed E-state index contributed by atoms with van der Waals surface area (Å²) in [6.07, 6.45) is 0. The monoisotopic (exact) mass is 407 g/mol. The number of rotatable bonds is 8. The van der Waals surface area contributed by atoms with Crippen molar-refractivity contribution >= 4 is 21.8 Å². The standard InChI is InChI=1S/C19H22FN3O4S/c1-13(2)23-28(26,27)17-9-5-15(6-10-17)19(25)22-12-18(24)21-11-14-3-7-16(20)8-4-14/h3-10,13,23H,11-12H2,1-2H3,(H,21,24)(H,22,25). The van der Waals surface area contributed by atoms with E-state index in [9.17, 15) is 22.4 Å². The SMILES string of the molecule is CC(C)NS(=O)(=O)c1ccc(C(=O)NCC(=O)NCc2ccc(F)cc2)cc1. The molecule has 2 amide bonds. The van der Waals surface area contributed by atoms with Gasteiger partial charge in [0.1, 0.15) is 5.82 Å². The predicted octanol–water partition coefficient (Wildman–Crippen LogP) is 1.56. The highest BCUT2D eigenvalue weighted by Gasteiger charge is 2.16. The highest BCUT2D eigenvalue weighted by Crippen LogP contribution is 2.11. The van der Waals surface area contributed by atoms with Gasteiger partial charge in [-0.25, -0.2) is 17.5 Å². The number of sulfonamides is 1. The van der Waals surface area contributed by atoms with E-state index in [-0.39, 0.29) is 35.4 Å². The minimum atomic E-state index is -3.63. The Balaban J connectivity index is 1.85. The van der Waals surface area contributed by atoms with Gasteiger partial charge in [-0.15, -0.1) is 0 Å². The van der Waals surface area contributed by atoms with Crippen LogP contribution in [0.15, 0.2) is 53.4 Å². The molecule has 0 atom stereocenters. The fraction of sp³-hybridized carbons (Fsp3) is 0.263. The van der Waals surface area contributed by atoms with E-state index >= 15 is 0 Å². The molecule has 0 heterocycles. The summed E-state index contributed by atoms with van der Waals surface area (Å²) in [5.41, 5.74) is 0.961. The molecule has 28 heavy (non-hydrogen) atoms. The Labute approximate surface area is 163 Å². The fourth-order valence-electron chi connectivity index (χ4n) is 2.29. The molecule has 0 aliphatic rings. The number of halogens is 1. The van der Waals surface area contributed by atoms with Crippen LogP contribution < -0.4 is 15.4 Å². The molecule has 0 radical (unpaired) electrons. The van der Waals surface area contributed by atoms with Gasteiger partial charge in [-0.2, -0.15) is 0 Å². The summed E-state index contributed by atoms with van der Waals surface area (Å²) in [7, 11) is -3.63. The van der Waals surface area contributed by atoms with E-state index < -0.39 is 21.8 Å². The van der Waals surface area contributed by atoms with Crippen LogP contribution in [0.1, 0.15) is 29.8 Å². The van der Waals surface area contributed by atoms with Crippen LogP contribution in [-0.4, -0.2) is 32.8 Å². The lowest BCUT2D eigenvalue weighted by molar-refractivity contribution is -0.120. The maximum atomic E-state index is 12.8. The average molecular weight is 407 g/mol. The molecular formula is C19H22FN3O4S. The van der Waals surface area contributed by atoms with Crippen molar-refractivity contribution < 1.29 is 22.4 Å². The summed E-state index contributed by atoms with van der Waals surface area (Å²) in [4.78, 5) is 24.0. The second kappa shape index (κ2) is 9.43. The number of carbonyl (C=O) groups excluding carboxylic acids is 2. The largest absolute Gasteiger partial charge is 0.350 e. The van der Waals surface area contributed by atoms with Gasteiger partial charge < -0.3 is 10.6 Å². The molecule has 2 aromatic rings. The van der Waals surface area contributed by atoms with Crippen molar-refractivity contribution in [3.63, 3.8) is 0 Å². The van der Waals surface area contributed by atoms with E-state index in [1.807, 2.05) is 0 Å². The molecule has 0 aliphatic heterocycles. The van der Waals surface area contributed by atoms with Crippen molar-refractivity contribution in [1.82, 2.24) is 15.4 Å². The highest BCUT2D eigenvalue weighted by molar-refractivity contribution is 7.89. The number of carbonyl (C=O) groups is 2. The van der Waals surface area contributed by atoms with E-state index in [1.54, 1.807) is 26.0 Å². The van der Waals surface area contributed by atoms with Crippen molar-refractivity contribution in [2.24, 2.45) is 0 Å². The summed E-state index contributed by atoms with van der Waals surface area (Å²) in [5, 5.41) is 5.07. The van der Waals surface area contributed by atoms with Gasteiger partial charge in [-0.1, -0.05) is 12.1 Å². The van der Waals surface area contributed by atoms with Gasteiger partial charge >= 0.3 is 0 Å². The molecule has 0 bridgehead atoms.